The third-order valence-electron chi connectivity index (χ3n) is 14.5. The van der Waals surface area contributed by atoms with E-state index in [1.807, 2.05) is 0 Å². The number of rotatable bonds is 61. The molecule has 0 aromatic heterocycles. The van der Waals surface area contributed by atoms with Crippen LogP contribution in [0.1, 0.15) is 323 Å². The van der Waals surface area contributed by atoms with Gasteiger partial charge in [0.05, 0.1) is 0 Å². The number of allylic oxidation sites excluding steroid dienone is 18. The highest BCUT2D eigenvalue weighted by molar-refractivity contribution is 5.71. The maximum Gasteiger partial charge on any atom is 0.306 e. The Morgan fingerprint density at radius 3 is 0.762 bits per heavy atom. The second kappa shape index (κ2) is 67.6. The molecule has 0 amide bonds. The predicted molar refractivity (Wildman–Crippen MR) is 348 cm³/mol. The van der Waals surface area contributed by atoms with Gasteiger partial charge in [-0.25, -0.2) is 0 Å². The van der Waals surface area contributed by atoms with Crippen molar-refractivity contribution in [3.8, 4) is 0 Å². The molecule has 0 aromatic rings. The summed E-state index contributed by atoms with van der Waals surface area (Å²) in [6.45, 7) is 6.47. The van der Waals surface area contributed by atoms with Gasteiger partial charge in [-0.1, -0.05) is 304 Å². The average molecular weight is 1110 g/mol. The molecule has 0 radical (unpaired) electrons. The van der Waals surface area contributed by atoms with E-state index in [1.54, 1.807) is 0 Å². The molecule has 0 bridgehead atoms. The second-order valence-electron chi connectivity index (χ2n) is 22.4. The van der Waals surface area contributed by atoms with Crippen LogP contribution in [0.2, 0.25) is 0 Å². The largest absolute Gasteiger partial charge is 0.462 e. The van der Waals surface area contributed by atoms with Crippen LogP contribution in [0.15, 0.2) is 109 Å². The quantitative estimate of drug-likeness (QED) is 0.0261. The zero-order chi connectivity index (χ0) is 57.8. The fourth-order valence-electron chi connectivity index (χ4n) is 9.45. The molecule has 80 heavy (non-hydrogen) atoms. The van der Waals surface area contributed by atoms with Gasteiger partial charge in [-0.15, -0.1) is 0 Å². The molecule has 6 nitrogen and oxygen atoms in total. The Labute approximate surface area is 495 Å². The third kappa shape index (κ3) is 64.9. The van der Waals surface area contributed by atoms with E-state index in [0.717, 1.165) is 109 Å². The van der Waals surface area contributed by atoms with Gasteiger partial charge in [-0.3, -0.25) is 14.4 Å². The molecule has 1 unspecified atom stereocenters. The molecule has 0 aliphatic rings. The predicted octanol–water partition coefficient (Wildman–Crippen LogP) is 23.4. The van der Waals surface area contributed by atoms with E-state index < -0.39 is 6.10 Å². The van der Waals surface area contributed by atoms with Crippen LogP contribution in [-0.4, -0.2) is 37.2 Å². The maximum atomic E-state index is 12.9. The van der Waals surface area contributed by atoms with Gasteiger partial charge in [0.2, 0.25) is 0 Å². The highest BCUT2D eigenvalue weighted by Crippen LogP contribution is 2.16. The van der Waals surface area contributed by atoms with Crippen molar-refractivity contribution in [2.75, 3.05) is 13.2 Å². The van der Waals surface area contributed by atoms with Crippen molar-refractivity contribution in [3.63, 3.8) is 0 Å². The van der Waals surface area contributed by atoms with Crippen LogP contribution in [0.5, 0.6) is 0 Å². The van der Waals surface area contributed by atoms with Crippen LogP contribution in [0.4, 0.5) is 0 Å². The fraction of sp³-hybridized carbons (Fsp3) is 0.716. The summed E-state index contributed by atoms with van der Waals surface area (Å²) < 4.78 is 16.8. The lowest BCUT2D eigenvalue weighted by atomic mass is 10.0. The fourth-order valence-corrected chi connectivity index (χ4v) is 9.45. The molecule has 458 valence electrons. The minimum Gasteiger partial charge on any atom is -0.462 e. The Balaban J connectivity index is 4.04. The molecular weight excluding hydrogens is 985 g/mol. The number of carbonyl (C=O) groups is 3. The normalized spacial score (nSPS) is 12.8. The van der Waals surface area contributed by atoms with E-state index in [4.69, 9.17) is 14.2 Å². The van der Waals surface area contributed by atoms with Gasteiger partial charge >= 0.3 is 17.9 Å². The molecule has 0 heterocycles. The Bertz CT molecular complexity index is 1610. The first-order valence-electron chi connectivity index (χ1n) is 33.9. The van der Waals surface area contributed by atoms with Crippen molar-refractivity contribution in [2.45, 2.75) is 329 Å². The Morgan fingerprint density at radius 2 is 0.487 bits per heavy atom. The van der Waals surface area contributed by atoms with Gasteiger partial charge < -0.3 is 14.2 Å². The van der Waals surface area contributed by atoms with Gasteiger partial charge in [-0.2, -0.15) is 0 Å². The summed E-state index contributed by atoms with van der Waals surface area (Å²) in [4.78, 5) is 38.1. The van der Waals surface area contributed by atoms with Crippen LogP contribution in [0.25, 0.3) is 0 Å². The Morgan fingerprint density at radius 1 is 0.263 bits per heavy atom. The zero-order valence-electron chi connectivity index (χ0n) is 52.6. The summed E-state index contributed by atoms with van der Waals surface area (Å²) in [6.07, 6.45) is 92.9. The highest BCUT2D eigenvalue weighted by atomic mass is 16.6. The van der Waals surface area contributed by atoms with E-state index in [-0.39, 0.29) is 31.1 Å². The van der Waals surface area contributed by atoms with E-state index in [1.165, 1.54) is 173 Å². The Kier molecular flexibility index (Phi) is 64.3. The van der Waals surface area contributed by atoms with Crippen molar-refractivity contribution < 1.29 is 28.6 Å². The average Bonchev–Trinajstić information content (AvgIpc) is 3.46. The molecule has 0 fully saturated rings. The molecule has 0 saturated carbocycles. The number of ether oxygens (including phenoxy) is 3. The molecule has 6 heteroatoms. The van der Waals surface area contributed by atoms with Crippen molar-refractivity contribution in [2.24, 2.45) is 0 Å². The summed E-state index contributed by atoms with van der Waals surface area (Å²) >= 11 is 0. The lowest BCUT2D eigenvalue weighted by molar-refractivity contribution is -0.167. The lowest BCUT2D eigenvalue weighted by Gasteiger charge is -2.18. The molecule has 1 atom stereocenters. The SMILES string of the molecule is CC/C=C\C/C=C\C/C=C\C/C=C\C/C=C\C/C=C\C/C=C\CCCCCCCCCCCCCCCC(=O)OCC(COC(=O)CCCCCCCC)OC(=O)CCCCCCCCCCC/C=C\C/C=C\CCCCCCC. The van der Waals surface area contributed by atoms with Crippen molar-refractivity contribution in [3.05, 3.63) is 109 Å². The summed E-state index contributed by atoms with van der Waals surface area (Å²) in [6, 6.07) is 0. The summed E-state index contributed by atoms with van der Waals surface area (Å²) in [5.74, 6) is -0.883. The van der Waals surface area contributed by atoms with Crippen molar-refractivity contribution in [1.29, 1.82) is 0 Å². The first kappa shape index (κ1) is 76.1. The van der Waals surface area contributed by atoms with Crippen LogP contribution in [0, 0.1) is 0 Å². The molecule has 0 aromatic carbocycles. The molecule has 0 rings (SSSR count). The van der Waals surface area contributed by atoms with Gasteiger partial charge in [0.15, 0.2) is 6.10 Å². The van der Waals surface area contributed by atoms with Gasteiger partial charge in [0.1, 0.15) is 13.2 Å². The topological polar surface area (TPSA) is 78.9 Å². The van der Waals surface area contributed by atoms with Crippen LogP contribution < -0.4 is 0 Å². The van der Waals surface area contributed by atoms with Gasteiger partial charge in [0, 0.05) is 19.3 Å². The number of unbranched alkanes of at least 4 members (excludes halogenated alkanes) is 32. The van der Waals surface area contributed by atoms with E-state index in [0.29, 0.717) is 19.3 Å². The van der Waals surface area contributed by atoms with Gasteiger partial charge in [-0.05, 0) is 109 Å². The number of hydrogen-bond acceptors (Lipinski definition) is 6. The molecular formula is C74H126O6. The Hall–Kier alpha value is -3.93. The second-order valence-corrected chi connectivity index (χ2v) is 22.4. The summed E-state index contributed by atoms with van der Waals surface area (Å²) in [5.41, 5.74) is 0. The van der Waals surface area contributed by atoms with Crippen LogP contribution in [-0.2, 0) is 28.6 Å². The standard InChI is InChI=1S/C74H126O6/c1-4-7-10-13-16-18-20-22-24-26-28-30-31-32-33-34-35-36-37-38-39-40-41-42-43-45-46-48-50-52-54-56-58-61-64-67-73(76)79-70-71(69-78-72(75)66-63-60-15-12-9-6-3)80-74(77)68-65-62-59-57-55-53-51-49-47-44-29-27-25-23-21-19-17-14-11-8-5-2/h7,10,16,18,21-24,27-30,32-33,35-36,38-39,71H,4-6,8-9,11-15,17,19-20,25-26,31,34,37,40-70H2,1-3H3/b10-7-,18-16-,23-21-,24-22-,29-27-,30-28-,33-32-,36-35-,39-38-. The molecule has 0 aliphatic heterocycles. The zero-order valence-corrected chi connectivity index (χ0v) is 52.6. The van der Waals surface area contributed by atoms with E-state index in [2.05, 4.69) is 130 Å². The molecule has 0 spiro atoms. The first-order valence-corrected chi connectivity index (χ1v) is 33.9. The van der Waals surface area contributed by atoms with Gasteiger partial charge in [0.25, 0.3) is 0 Å². The highest BCUT2D eigenvalue weighted by Gasteiger charge is 2.19. The minimum atomic E-state index is -0.778. The molecule has 0 aliphatic carbocycles. The smallest absolute Gasteiger partial charge is 0.306 e. The maximum absolute atomic E-state index is 12.9. The number of hydrogen-bond donors (Lipinski definition) is 0. The molecule has 0 saturated heterocycles. The first-order chi connectivity index (χ1) is 39.5. The monoisotopic (exact) mass is 1110 g/mol. The number of esters is 3. The molecule has 0 N–H and O–H groups in total. The number of carbonyl (C=O) groups excluding carboxylic acids is 3. The summed E-state index contributed by atoms with van der Waals surface area (Å²) in [5, 5.41) is 0. The lowest BCUT2D eigenvalue weighted by Crippen LogP contribution is -2.30. The van der Waals surface area contributed by atoms with Crippen molar-refractivity contribution in [1.82, 2.24) is 0 Å². The van der Waals surface area contributed by atoms with E-state index >= 15 is 0 Å². The van der Waals surface area contributed by atoms with Crippen LogP contribution in [0.3, 0.4) is 0 Å². The van der Waals surface area contributed by atoms with E-state index in [9.17, 15) is 14.4 Å². The minimum absolute atomic E-state index is 0.0776. The third-order valence-corrected chi connectivity index (χ3v) is 14.5. The van der Waals surface area contributed by atoms with Crippen molar-refractivity contribution >= 4 is 17.9 Å². The van der Waals surface area contributed by atoms with Crippen LogP contribution >= 0.6 is 0 Å². The summed E-state index contributed by atoms with van der Waals surface area (Å²) in [7, 11) is 0.